The number of aryl methyl sites for hydroxylation is 2. The number of nitrogens with one attached hydrogen (secondary N) is 1. The molecule has 0 spiro atoms. The van der Waals surface area contributed by atoms with E-state index in [2.05, 4.69) is 20.2 Å². The number of aromatic nitrogens is 2. The highest BCUT2D eigenvalue weighted by Gasteiger charge is 2.28. The van der Waals surface area contributed by atoms with Crippen molar-refractivity contribution in [2.45, 2.75) is 33.2 Å². The Hall–Kier alpha value is -3.09. The second-order valence-electron chi connectivity index (χ2n) is 7.52. The van der Waals surface area contributed by atoms with Crippen molar-refractivity contribution in [1.29, 1.82) is 0 Å². The third-order valence-corrected chi connectivity index (χ3v) is 5.64. The van der Waals surface area contributed by atoms with Gasteiger partial charge in [-0.3, -0.25) is 4.79 Å². The maximum Gasteiger partial charge on any atom is 0.231 e. The van der Waals surface area contributed by atoms with Gasteiger partial charge >= 0.3 is 0 Å². The lowest BCUT2D eigenvalue weighted by Crippen LogP contribution is -2.43. The van der Waals surface area contributed by atoms with Crippen molar-refractivity contribution >= 4 is 22.8 Å². The van der Waals surface area contributed by atoms with Gasteiger partial charge in [-0.25, -0.2) is 9.97 Å². The van der Waals surface area contributed by atoms with Crippen LogP contribution in [0, 0.1) is 19.8 Å². The molecule has 1 aromatic carbocycles. The summed E-state index contributed by atoms with van der Waals surface area (Å²) in [5, 5.41) is 4.02. The minimum Gasteiger partial charge on any atom is -0.497 e. The molecule has 7 nitrogen and oxygen atoms in total. The predicted octanol–water partition coefficient (Wildman–Crippen LogP) is 3.38. The first-order valence-electron chi connectivity index (χ1n) is 9.93. The van der Waals surface area contributed by atoms with E-state index in [0.29, 0.717) is 18.8 Å². The number of anilines is 1. The van der Waals surface area contributed by atoms with Gasteiger partial charge in [0.2, 0.25) is 11.6 Å². The lowest BCUT2D eigenvalue weighted by atomic mass is 9.96. The van der Waals surface area contributed by atoms with Crippen LogP contribution in [0.3, 0.4) is 0 Å². The van der Waals surface area contributed by atoms with E-state index < -0.39 is 0 Å². The van der Waals surface area contributed by atoms with Crippen LogP contribution in [0.15, 0.2) is 35.0 Å². The second-order valence-corrected chi connectivity index (χ2v) is 7.52. The van der Waals surface area contributed by atoms with Gasteiger partial charge in [-0.15, -0.1) is 0 Å². The van der Waals surface area contributed by atoms with E-state index in [1.54, 1.807) is 7.11 Å². The molecule has 1 N–H and O–H groups in total. The largest absolute Gasteiger partial charge is 0.497 e. The Labute approximate surface area is 170 Å². The standard InChI is InChI=1S/C22H26N4O3/c1-14-15(2)29-22-19(14)20(24-13-25-22)26-9-5-7-17(12-26)21(27)23-11-16-6-4-8-18(10-16)28-3/h4,6,8,10,13,17H,5,7,9,11-12H2,1-3H3,(H,23,27). The number of piperidine rings is 1. The van der Waals surface area contributed by atoms with E-state index in [4.69, 9.17) is 9.15 Å². The minimum atomic E-state index is -0.0762. The normalized spacial score (nSPS) is 16.8. The topological polar surface area (TPSA) is 80.5 Å². The number of carbonyl (C=O) groups is 1. The van der Waals surface area contributed by atoms with E-state index in [9.17, 15) is 4.79 Å². The van der Waals surface area contributed by atoms with Crippen LogP contribution in [0.5, 0.6) is 5.75 Å². The van der Waals surface area contributed by atoms with E-state index in [1.807, 2.05) is 38.1 Å². The molecule has 0 radical (unpaired) electrons. The molecular weight excluding hydrogens is 368 g/mol. The molecule has 1 amide bonds. The number of hydrogen-bond donors (Lipinski definition) is 1. The number of nitrogens with zero attached hydrogens (tertiary/aromatic N) is 3. The van der Waals surface area contributed by atoms with Crippen LogP contribution in [-0.2, 0) is 11.3 Å². The second kappa shape index (κ2) is 8.11. The molecule has 0 bridgehead atoms. The molecule has 29 heavy (non-hydrogen) atoms. The van der Waals surface area contributed by atoms with E-state index in [1.165, 1.54) is 6.33 Å². The fourth-order valence-electron chi connectivity index (χ4n) is 3.90. The van der Waals surface area contributed by atoms with Crippen molar-refractivity contribution in [3.05, 3.63) is 47.5 Å². The maximum absolute atomic E-state index is 12.8. The number of rotatable bonds is 5. The van der Waals surface area contributed by atoms with Crippen LogP contribution in [0.25, 0.3) is 11.1 Å². The summed E-state index contributed by atoms with van der Waals surface area (Å²) in [4.78, 5) is 23.8. The molecule has 0 saturated carbocycles. The Morgan fingerprint density at radius 1 is 1.34 bits per heavy atom. The summed E-state index contributed by atoms with van der Waals surface area (Å²) in [5.74, 6) is 2.50. The Kier molecular flexibility index (Phi) is 5.38. The highest BCUT2D eigenvalue weighted by Crippen LogP contribution is 2.32. The molecule has 1 unspecified atom stereocenters. The van der Waals surface area contributed by atoms with E-state index in [0.717, 1.165) is 53.2 Å². The monoisotopic (exact) mass is 394 g/mol. The number of carbonyl (C=O) groups excluding carboxylic acids is 1. The van der Waals surface area contributed by atoms with Gasteiger partial charge in [0, 0.05) is 25.2 Å². The van der Waals surface area contributed by atoms with Gasteiger partial charge in [-0.1, -0.05) is 12.1 Å². The Balaban J connectivity index is 1.46. The van der Waals surface area contributed by atoms with Crippen molar-refractivity contribution in [1.82, 2.24) is 15.3 Å². The summed E-state index contributed by atoms with van der Waals surface area (Å²) in [7, 11) is 1.64. The Morgan fingerprint density at radius 3 is 3.03 bits per heavy atom. The molecule has 7 heteroatoms. The number of hydrogen-bond acceptors (Lipinski definition) is 6. The van der Waals surface area contributed by atoms with Crippen LogP contribution in [0.2, 0.25) is 0 Å². The van der Waals surface area contributed by atoms with Crippen molar-refractivity contribution in [3.8, 4) is 5.75 Å². The van der Waals surface area contributed by atoms with Crippen LogP contribution < -0.4 is 15.0 Å². The summed E-state index contributed by atoms with van der Waals surface area (Å²) < 4.78 is 11.0. The quantitative estimate of drug-likeness (QED) is 0.715. The molecule has 1 fully saturated rings. The zero-order valence-corrected chi connectivity index (χ0v) is 17.1. The highest BCUT2D eigenvalue weighted by molar-refractivity contribution is 5.90. The molecule has 3 aromatic rings. The number of furan rings is 1. The molecule has 1 atom stereocenters. The van der Waals surface area contributed by atoms with Crippen LogP contribution in [-0.4, -0.2) is 36.1 Å². The zero-order valence-electron chi connectivity index (χ0n) is 17.1. The summed E-state index contributed by atoms with van der Waals surface area (Å²) in [6.07, 6.45) is 3.35. The van der Waals surface area contributed by atoms with E-state index >= 15 is 0 Å². The fourth-order valence-corrected chi connectivity index (χ4v) is 3.90. The molecule has 152 valence electrons. The lowest BCUT2D eigenvalue weighted by Gasteiger charge is -2.33. The van der Waals surface area contributed by atoms with Crippen molar-refractivity contribution in [2.75, 3.05) is 25.1 Å². The number of ether oxygens (including phenoxy) is 1. The maximum atomic E-state index is 12.8. The SMILES string of the molecule is COc1cccc(CNC(=O)C2CCCN(c3ncnc4oc(C)c(C)c34)C2)c1. The Bertz CT molecular complexity index is 1030. The molecular formula is C22H26N4O3. The van der Waals surface area contributed by atoms with Crippen molar-refractivity contribution in [2.24, 2.45) is 5.92 Å². The fraction of sp³-hybridized carbons (Fsp3) is 0.409. The molecule has 3 heterocycles. The Morgan fingerprint density at radius 2 is 2.21 bits per heavy atom. The third kappa shape index (κ3) is 3.90. The van der Waals surface area contributed by atoms with Crippen LogP contribution >= 0.6 is 0 Å². The lowest BCUT2D eigenvalue weighted by molar-refractivity contribution is -0.125. The summed E-state index contributed by atoms with van der Waals surface area (Å²) in [6, 6.07) is 7.75. The van der Waals surface area contributed by atoms with E-state index in [-0.39, 0.29) is 11.8 Å². The highest BCUT2D eigenvalue weighted by atomic mass is 16.5. The van der Waals surface area contributed by atoms with Gasteiger partial charge in [0.05, 0.1) is 18.4 Å². The van der Waals surface area contributed by atoms with Crippen molar-refractivity contribution < 1.29 is 13.9 Å². The average Bonchev–Trinajstić information content (AvgIpc) is 3.06. The van der Waals surface area contributed by atoms with Gasteiger partial charge in [0.15, 0.2) is 0 Å². The molecule has 0 aliphatic carbocycles. The number of amides is 1. The predicted molar refractivity (Wildman–Crippen MR) is 111 cm³/mol. The van der Waals surface area contributed by atoms with Gasteiger partial charge < -0.3 is 19.4 Å². The minimum absolute atomic E-state index is 0.0721. The van der Waals surface area contributed by atoms with Gasteiger partial charge in [-0.2, -0.15) is 0 Å². The third-order valence-electron chi connectivity index (χ3n) is 5.64. The first-order chi connectivity index (χ1) is 14.1. The summed E-state index contributed by atoms with van der Waals surface area (Å²) in [5.41, 5.74) is 2.68. The first kappa shape index (κ1) is 19.2. The number of benzene rings is 1. The molecule has 1 saturated heterocycles. The van der Waals surface area contributed by atoms with Gasteiger partial charge in [0.1, 0.15) is 23.7 Å². The van der Waals surface area contributed by atoms with Crippen LogP contribution in [0.4, 0.5) is 5.82 Å². The van der Waals surface area contributed by atoms with Crippen LogP contribution in [0.1, 0.15) is 29.7 Å². The van der Waals surface area contributed by atoms with Gasteiger partial charge in [-0.05, 0) is 44.4 Å². The molecule has 2 aromatic heterocycles. The average molecular weight is 394 g/mol. The smallest absolute Gasteiger partial charge is 0.231 e. The number of methoxy groups -OCH3 is 1. The number of fused-ring (bicyclic) bond motifs is 1. The van der Waals surface area contributed by atoms with Gasteiger partial charge in [0.25, 0.3) is 0 Å². The van der Waals surface area contributed by atoms with Crippen molar-refractivity contribution in [3.63, 3.8) is 0 Å². The summed E-state index contributed by atoms with van der Waals surface area (Å²) in [6.45, 7) is 5.96. The first-order valence-corrected chi connectivity index (χ1v) is 9.93. The molecule has 1 aliphatic rings. The zero-order chi connectivity index (χ0) is 20.4. The molecule has 4 rings (SSSR count). The summed E-state index contributed by atoms with van der Waals surface area (Å²) >= 11 is 0. The molecule has 1 aliphatic heterocycles.